The van der Waals surface area contributed by atoms with Gasteiger partial charge in [0.15, 0.2) is 0 Å². The first kappa shape index (κ1) is 20.5. The van der Waals surface area contributed by atoms with Gasteiger partial charge in [-0.2, -0.15) is 0 Å². The zero-order chi connectivity index (χ0) is 20.3. The number of unbranched alkanes of at least 4 members (excludes halogenated alkanes) is 4. The van der Waals surface area contributed by atoms with E-state index in [2.05, 4.69) is 10.3 Å². The van der Waals surface area contributed by atoms with E-state index in [9.17, 15) is 4.79 Å². The van der Waals surface area contributed by atoms with Gasteiger partial charge in [-0.25, -0.2) is 5.48 Å². The van der Waals surface area contributed by atoms with Crippen molar-refractivity contribution < 1.29 is 14.7 Å². The predicted molar refractivity (Wildman–Crippen MR) is 110 cm³/mol. The molecule has 3 aromatic rings. The zero-order valence-corrected chi connectivity index (χ0v) is 16.3. The summed E-state index contributed by atoms with van der Waals surface area (Å²) in [7, 11) is 0. The van der Waals surface area contributed by atoms with Crippen LogP contribution in [0.3, 0.4) is 0 Å². The molecule has 1 amide bonds. The molecule has 0 radical (unpaired) electrons. The standard InChI is InChI=1S/C22H26N4O3/c27-22(24-28)11-7-2-1-3-8-16-26-17-21(23-25-26)18-12-14-20(15-13-18)29-19-9-5-4-6-10-19/h4-6,9-10,12-15,17,28H,1-3,7-8,11,16H2,(H,24,27). The minimum atomic E-state index is -0.320. The number of benzene rings is 2. The molecule has 0 aliphatic heterocycles. The molecule has 0 spiro atoms. The number of nitrogens with zero attached hydrogens (tertiary/aromatic N) is 3. The van der Waals surface area contributed by atoms with Crippen molar-refractivity contribution in [3.05, 3.63) is 60.8 Å². The Morgan fingerprint density at radius 3 is 2.38 bits per heavy atom. The molecule has 0 fully saturated rings. The van der Waals surface area contributed by atoms with Crippen molar-refractivity contribution in [3.8, 4) is 22.8 Å². The molecule has 0 atom stereocenters. The highest BCUT2D eigenvalue weighted by molar-refractivity contribution is 5.74. The van der Waals surface area contributed by atoms with Gasteiger partial charge in [0, 0.05) is 18.5 Å². The summed E-state index contributed by atoms with van der Waals surface area (Å²) in [6.07, 6.45) is 7.25. The van der Waals surface area contributed by atoms with Gasteiger partial charge in [0.2, 0.25) is 5.91 Å². The Morgan fingerprint density at radius 2 is 1.62 bits per heavy atom. The summed E-state index contributed by atoms with van der Waals surface area (Å²) in [4.78, 5) is 10.9. The monoisotopic (exact) mass is 394 g/mol. The molecule has 0 aliphatic carbocycles. The van der Waals surface area contributed by atoms with E-state index in [-0.39, 0.29) is 5.91 Å². The van der Waals surface area contributed by atoms with Crippen molar-refractivity contribution in [2.45, 2.75) is 45.1 Å². The molecule has 0 saturated carbocycles. The third kappa shape index (κ3) is 6.73. The molecule has 0 bridgehead atoms. The van der Waals surface area contributed by atoms with Gasteiger partial charge in [-0.1, -0.05) is 42.7 Å². The topological polar surface area (TPSA) is 89.3 Å². The molecule has 1 aromatic heterocycles. The van der Waals surface area contributed by atoms with Gasteiger partial charge in [0.05, 0.1) is 6.20 Å². The Morgan fingerprint density at radius 1 is 0.931 bits per heavy atom. The fraction of sp³-hybridized carbons (Fsp3) is 0.318. The fourth-order valence-corrected chi connectivity index (χ4v) is 3.00. The quantitative estimate of drug-likeness (QED) is 0.282. The van der Waals surface area contributed by atoms with Gasteiger partial charge in [0.1, 0.15) is 17.2 Å². The Labute approximate surface area is 170 Å². The van der Waals surface area contributed by atoms with Crippen molar-refractivity contribution in [3.63, 3.8) is 0 Å². The molecule has 0 unspecified atom stereocenters. The van der Waals surface area contributed by atoms with Crippen molar-refractivity contribution in [2.75, 3.05) is 0 Å². The van der Waals surface area contributed by atoms with Crippen molar-refractivity contribution in [2.24, 2.45) is 0 Å². The number of carbonyl (C=O) groups excluding carboxylic acids is 1. The predicted octanol–water partition coefficient (Wildman–Crippen LogP) is 4.58. The summed E-state index contributed by atoms with van der Waals surface area (Å²) in [5, 5.41) is 16.9. The molecule has 2 aromatic carbocycles. The molecule has 0 aliphatic rings. The van der Waals surface area contributed by atoms with E-state index in [1.807, 2.05) is 65.5 Å². The van der Waals surface area contributed by atoms with Crippen LogP contribution in [0.15, 0.2) is 60.8 Å². The van der Waals surface area contributed by atoms with Crippen LogP contribution >= 0.6 is 0 Å². The first-order chi connectivity index (χ1) is 14.2. The Bertz CT molecular complexity index is 879. The minimum absolute atomic E-state index is 0.320. The second-order valence-electron chi connectivity index (χ2n) is 6.86. The van der Waals surface area contributed by atoms with Crippen LogP contribution < -0.4 is 10.2 Å². The smallest absolute Gasteiger partial charge is 0.243 e. The van der Waals surface area contributed by atoms with E-state index in [0.29, 0.717) is 6.42 Å². The molecule has 152 valence electrons. The second-order valence-corrected chi connectivity index (χ2v) is 6.86. The molecule has 29 heavy (non-hydrogen) atoms. The average molecular weight is 394 g/mol. The number of nitrogens with one attached hydrogen (secondary N) is 1. The first-order valence-corrected chi connectivity index (χ1v) is 9.91. The molecule has 3 rings (SSSR count). The number of hydrogen-bond donors (Lipinski definition) is 2. The highest BCUT2D eigenvalue weighted by Crippen LogP contribution is 2.24. The summed E-state index contributed by atoms with van der Waals surface area (Å²) in [6.45, 7) is 0.819. The molecule has 7 nitrogen and oxygen atoms in total. The lowest BCUT2D eigenvalue weighted by atomic mass is 10.1. The van der Waals surface area contributed by atoms with Crippen LogP contribution in [0.5, 0.6) is 11.5 Å². The lowest BCUT2D eigenvalue weighted by Crippen LogP contribution is -2.17. The second kappa shape index (κ2) is 11.0. The summed E-state index contributed by atoms with van der Waals surface area (Å²) in [5.41, 5.74) is 3.49. The maximum absolute atomic E-state index is 10.9. The fourth-order valence-electron chi connectivity index (χ4n) is 3.00. The van der Waals surface area contributed by atoms with Crippen LogP contribution in [-0.4, -0.2) is 26.1 Å². The normalized spacial score (nSPS) is 10.7. The number of para-hydroxylation sites is 1. The number of carbonyl (C=O) groups is 1. The van der Waals surface area contributed by atoms with Crippen molar-refractivity contribution in [1.29, 1.82) is 0 Å². The minimum Gasteiger partial charge on any atom is -0.457 e. The molecule has 1 heterocycles. The first-order valence-electron chi connectivity index (χ1n) is 9.91. The largest absolute Gasteiger partial charge is 0.457 e. The van der Waals surface area contributed by atoms with Gasteiger partial charge in [-0.3, -0.25) is 14.7 Å². The summed E-state index contributed by atoms with van der Waals surface area (Å²) in [6, 6.07) is 17.5. The van der Waals surface area contributed by atoms with Crippen LogP contribution in [0.4, 0.5) is 0 Å². The number of aryl methyl sites for hydroxylation is 1. The Kier molecular flexibility index (Phi) is 7.77. The van der Waals surface area contributed by atoms with Crippen LogP contribution in [-0.2, 0) is 11.3 Å². The lowest BCUT2D eigenvalue weighted by Gasteiger charge is -2.05. The van der Waals surface area contributed by atoms with Gasteiger partial charge >= 0.3 is 0 Å². The number of rotatable bonds is 11. The van der Waals surface area contributed by atoms with Crippen molar-refractivity contribution in [1.82, 2.24) is 20.5 Å². The van der Waals surface area contributed by atoms with E-state index in [1.54, 1.807) is 5.48 Å². The SMILES string of the molecule is O=C(CCCCCCCn1cc(-c2ccc(Oc3ccccc3)cc2)nn1)NO. The summed E-state index contributed by atoms with van der Waals surface area (Å²) < 4.78 is 7.68. The highest BCUT2D eigenvalue weighted by Gasteiger charge is 2.05. The van der Waals surface area contributed by atoms with E-state index < -0.39 is 0 Å². The number of amides is 1. The molecule has 0 saturated heterocycles. The maximum atomic E-state index is 10.9. The van der Waals surface area contributed by atoms with Crippen LogP contribution in [0.1, 0.15) is 38.5 Å². The van der Waals surface area contributed by atoms with Gasteiger partial charge in [-0.15, -0.1) is 5.10 Å². The van der Waals surface area contributed by atoms with Crippen LogP contribution in [0.25, 0.3) is 11.3 Å². The van der Waals surface area contributed by atoms with Gasteiger partial charge in [0.25, 0.3) is 0 Å². The van der Waals surface area contributed by atoms with Gasteiger partial charge < -0.3 is 4.74 Å². The zero-order valence-electron chi connectivity index (χ0n) is 16.3. The summed E-state index contributed by atoms with van der Waals surface area (Å²) >= 11 is 0. The highest BCUT2D eigenvalue weighted by atomic mass is 16.5. The number of hydrogen-bond acceptors (Lipinski definition) is 5. The molecule has 7 heteroatoms. The number of hydroxylamine groups is 1. The van der Waals surface area contributed by atoms with E-state index in [0.717, 1.165) is 61.4 Å². The summed E-state index contributed by atoms with van der Waals surface area (Å²) in [5.74, 6) is 1.27. The van der Waals surface area contributed by atoms with Crippen LogP contribution in [0.2, 0.25) is 0 Å². The van der Waals surface area contributed by atoms with E-state index in [1.165, 1.54) is 0 Å². The van der Waals surface area contributed by atoms with E-state index in [4.69, 9.17) is 9.94 Å². The maximum Gasteiger partial charge on any atom is 0.243 e. The average Bonchev–Trinajstić information content (AvgIpc) is 3.23. The van der Waals surface area contributed by atoms with Gasteiger partial charge in [-0.05, 0) is 49.2 Å². The molecule has 2 N–H and O–H groups in total. The molecular formula is C22H26N4O3. The van der Waals surface area contributed by atoms with Crippen molar-refractivity contribution >= 4 is 5.91 Å². The lowest BCUT2D eigenvalue weighted by molar-refractivity contribution is -0.129. The number of aromatic nitrogens is 3. The molecular weight excluding hydrogens is 368 g/mol. The van der Waals surface area contributed by atoms with E-state index >= 15 is 0 Å². The third-order valence-electron chi connectivity index (χ3n) is 4.58. The third-order valence-corrected chi connectivity index (χ3v) is 4.58. The van der Waals surface area contributed by atoms with Crippen LogP contribution in [0, 0.1) is 0 Å². The Balaban J connectivity index is 1.41. The Hall–Kier alpha value is -3.19. The number of ether oxygens (including phenoxy) is 1.